The third kappa shape index (κ3) is 2.19. The molecule has 2 atom stereocenters. The number of nitrogens with zero attached hydrogens (tertiary/aromatic N) is 2. The Balaban J connectivity index is 1.57. The quantitative estimate of drug-likeness (QED) is 0.675. The number of likely N-dealkylation sites (tertiary alicyclic amines) is 1. The molecule has 1 aromatic heterocycles. The zero-order valence-electron chi connectivity index (χ0n) is 16.5. The maximum absolute atomic E-state index is 13.5. The lowest BCUT2D eigenvalue weighted by Crippen LogP contribution is -2.64. The van der Waals surface area contributed by atoms with Crippen LogP contribution in [0.5, 0.6) is 5.75 Å². The second-order valence-corrected chi connectivity index (χ2v) is 9.00. The SMILES string of the molecule is CC12CCN(C(=O)c3ccc4nc[nH]c4c3)C(Cc3ccc(O)cc31)C2(C)C. The lowest BCUT2D eigenvalue weighted by atomic mass is 9.51. The Morgan fingerprint density at radius 1 is 1.21 bits per heavy atom. The minimum Gasteiger partial charge on any atom is -0.508 e. The van der Waals surface area contributed by atoms with Gasteiger partial charge in [0.1, 0.15) is 5.75 Å². The van der Waals surface area contributed by atoms with Gasteiger partial charge >= 0.3 is 0 Å². The van der Waals surface area contributed by atoms with Crippen molar-refractivity contribution in [1.82, 2.24) is 14.9 Å². The number of benzene rings is 2. The molecule has 2 heterocycles. The topological polar surface area (TPSA) is 69.2 Å². The Hall–Kier alpha value is -2.82. The molecule has 144 valence electrons. The number of nitrogens with one attached hydrogen (secondary N) is 1. The number of imidazole rings is 1. The third-order valence-corrected chi connectivity index (χ3v) is 7.51. The van der Waals surface area contributed by atoms with Crippen LogP contribution in [0.1, 0.15) is 48.7 Å². The highest BCUT2D eigenvalue weighted by atomic mass is 16.3. The van der Waals surface area contributed by atoms with Gasteiger partial charge in [-0.25, -0.2) is 4.98 Å². The molecule has 0 saturated carbocycles. The van der Waals surface area contributed by atoms with Gasteiger partial charge in [0.15, 0.2) is 0 Å². The van der Waals surface area contributed by atoms with Crippen molar-refractivity contribution >= 4 is 16.9 Å². The number of fused-ring (bicyclic) bond motifs is 5. The number of phenols is 1. The van der Waals surface area contributed by atoms with Gasteiger partial charge in [-0.1, -0.05) is 26.8 Å². The van der Waals surface area contributed by atoms with Crippen LogP contribution in [-0.2, 0) is 11.8 Å². The standard InChI is InChI=1S/C23H25N3O2/c1-22(2)20-11-14-4-6-16(27)12-17(14)23(22,3)8-9-26(20)21(28)15-5-7-18-19(10-15)25-13-24-18/h4-7,10,12-13,20,27H,8-9,11H2,1-3H3,(H,24,25). The monoisotopic (exact) mass is 375 g/mol. The highest BCUT2D eigenvalue weighted by Gasteiger charge is 2.56. The summed E-state index contributed by atoms with van der Waals surface area (Å²) >= 11 is 0. The number of aromatic amines is 1. The van der Waals surface area contributed by atoms with Gasteiger partial charge in [0.05, 0.1) is 17.4 Å². The number of amides is 1. The molecule has 2 unspecified atom stereocenters. The van der Waals surface area contributed by atoms with Crippen LogP contribution in [0.4, 0.5) is 0 Å². The van der Waals surface area contributed by atoms with Crippen molar-refractivity contribution in [2.75, 3.05) is 6.54 Å². The predicted octanol–water partition coefficient (Wildman–Crippen LogP) is 4.02. The van der Waals surface area contributed by atoms with Crippen molar-refractivity contribution in [2.45, 2.75) is 45.1 Å². The van der Waals surface area contributed by atoms with E-state index in [-0.39, 0.29) is 22.8 Å². The zero-order valence-corrected chi connectivity index (χ0v) is 16.5. The molecule has 2 N–H and O–H groups in total. The first kappa shape index (κ1) is 17.3. The zero-order chi connectivity index (χ0) is 19.7. The van der Waals surface area contributed by atoms with E-state index < -0.39 is 0 Å². The van der Waals surface area contributed by atoms with Crippen molar-refractivity contribution in [3.63, 3.8) is 0 Å². The van der Waals surface area contributed by atoms with E-state index >= 15 is 0 Å². The van der Waals surface area contributed by atoms with Gasteiger partial charge in [-0.2, -0.15) is 0 Å². The Kier molecular flexibility index (Phi) is 3.46. The second kappa shape index (κ2) is 5.60. The average Bonchev–Trinajstić information content (AvgIpc) is 3.13. The van der Waals surface area contributed by atoms with Gasteiger partial charge in [-0.3, -0.25) is 4.79 Å². The summed E-state index contributed by atoms with van der Waals surface area (Å²) in [5.41, 5.74) is 4.76. The van der Waals surface area contributed by atoms with Crippen molar-refractivity contribution in [3.8, 4) is 5.75 Å². The van der Waals surface area contributed by atoms with Crippen LogP contribution in [-0.4, -0.2) is 38.5 Å². The first-order chi connectivity index (χ1) is 13.3. The Morgan fingerprint density at radius 2 is 2.04 bits per heavy atom. The molecule has 1 aliphatic carbocycles. The molecule has 28 heavy (non-hydrogen) atoms. The van der Waals surface area contributed by atoms with Crippen molar-refractivity contribution in [1.29, 1.82) is 0 Å². The molecular formula is C23H25N3O2. The normalized spacial score (nSPS) is 25.5. The highest BCUT2D eigenvalue weighted by molar-refractivity contribution is 5.97. The van der Waals surface area contributed by atoms with E-state index in [0.717, 1.165) is 30.4 Å². The fourth-order valence-corrected chi connectivity index (χ4v) is 5.37. The van der Waals surface area contributed by atoms with E-state index in [9.17, 15) is 9.90 Å². The van der Waals surface area contributed by atoms with Crippen LogP contribution >= 0.6 is 0 Å². The number of hydrogen-bond donors (Lipinski definition) is 2. The molecule has 1 amide bonds. The largest absolute Gasteiger partial charge is 0.508 e. The number of carbonyl (C=O) groups is 1. The smallest absolute Gasteiger partial charge is 0.254 e. The molecule has 1 fully saturated rings. The Labute approximate surface area is 164 Å². The second-order valence-electron chi connectivity index (χ2n) is 9.00. The van der Waals surface area contributed by atoms with E-state index in [1.807, 2.05) is 30.3 Å². The molecular weight excluding hydrogens is 350 g/mol. The summed E-state index contributed by atoms with van der Waals surface area (Å²) in [6.45, 7) is 7.54. The van der Waals surface area contributed by atoms with E-state index in [1.54, 1.807) is 12.4 Å². The maximum atomic E-state index is 13.5. The lowest BCUT2D eigenvalue weighted by molar-refractivity contribution is -0.0262. The fraction of sp³-hybridized carbons (Fsp3) is 0.391. The molecule has 0 spiro atoms. The van der Waals surface area contributed by atoms with E-state index in [2.05, 4.69) is 35.6 Å². The summed E-state index contributed by atoms with van der Waals surface area (Å²) in [5.74, 6) is 0.402. The van der Waals surface area contributed by atoms with Crippen LogP contribution in [0.25, 0.3) is 11.0 Å². The maximum Gasteiger partial charge on any atom is 0.254 e. The van der Waals surface area contributed by atoms with Crippen molar-refractivity contribution in [2.24, 2.45) is 5.41 Å². The van der Waals surface area contributed by atoms with Crippen LogP contribution in [0.3, 0.4) is 0 Å². The van der Waals surface area contributed by atoms with Crippen LogP contribution in [0.2, 0.25) is 0 Å². The summed E-state index contributed by atoms with van der Waals surface area (Å²) in [6.07, 6.45) is 3.35. The fourth-order valence-electron chi connectivity index (χ4n) is 5.37. The van der Waals surface area contributed by atoms with E-state index in [1.165, 1.54) is 11.1 Å². The molecule has 1 aliphatic heterocycles. The molecule has 2 bridgehead atoms. The van der Waals surface area contributed by atoms with E-state index in [4.69, 9.17) is 0 Å². The van der Waals surface area contributed by atoms with Crippen molar-refractivity contribution < 1.29 is 9.90 Å². The molecule has 5 nitrogen and oxygen atoms in total. The summed E-state index contributed by atoms with van der Waals surface area (Å²) in [6, 6.07) is 11.5. The van der Waals surface area contributed by atoms with Gasteiger partial charge in [-0.05, 0) is 59.7 Å². The molecule has 2 aromatic carbocycles. The van der Waals surface area contributed by atoms with E-state index in [0.29, 0.717) is 11.3 Å². The number of aromatic hydroxyl groups is 1. The molecule has 5 heteroatoms. The summed E-state index contributed by atoms with van der Waals surface area (Å²) in [5, 5.41) is 10.1. The van der Waals surface area contributed by atoms with Crippen LogP contribution in [0, 0.1) is 5.41 Å². The summed E-state index contributed by atoms with van der Waals surface area (Å²) in [7, 11) is 0. The van der Waals surface area contributed by atoms with Gasteiger partial charge < -0.3 is 15.0 Å². The molecule has 0 radical (unpaired) electrons. The lowest BCUT2D eigenvalue weighted by Gasteiger charge is -2.60. The first-order valence-electron chi connectivity index (χ1n) is 9.88. The Bertz CT molecular complexity index is 1100. The number of aromatic nitrogens is 2. The van der Waals surface area contributed by atoms with Crippen molar-refractivity contribution in [3.05, 3.63) is 59.4 Å². The number of H-pyrrole nitrogens is 1. The minimum absolute atomic E-state index is 0.0753. The Morgan fingerprint density at radius 3 is 2.86 bits per heavy atom. The summed E-state index contributed by atoms with van der Waals surface area (Å²) < 4.78 is 0. The number of phenolic OH excluding ortho intramolecular Hbond substituents is 1. The number of hydrogen-bond acceptors (Lipinski definition) is 3. The minimum atomic E-state index is -0.0974. The third-order valence-electron chi connectivity index (χ3n) is 7.51. The van der Waals surface area contributed by atoms with Gasteiger partial charge in [0, 0.05) is 23.6 Å². The molecule has 5 rings (SSSR count). The number of carbonyl (C=O) groups excluding carboxylic acids is 1. The van der Waals surface area contributed by atoms with Gasteiger partial charge in [0.2, 0.25) is 0 Å². The van der Waals surface area contributed by atoms with Crippen LogP contribution < -0.4 is 0 Å². The number of rotatable bonds is 1. The van der Waals surface area contributed by atoms with Gasteiger partial charge in [0.25, 0.3) is 5.91 Å². The first-order valence-corrected chi connectivity index (χ1v) is 9.88. The highest BCUT2D eigenvalue weighted by Crippen LogP contribution is 2.56. The molecule has 3 aromatic rings. The predicted molar refractivity (Wildman–Crippen MR) is 108 cm³/mol. The molecule has 1 saturated heterocycles. The summed E-state index contributed by atoms with van der Waals surface area (Å²) in [4.78, 5) is 22.9. The molecule has 2 aliphatic rings. The average molecular weight is 375 g/mol. The van der Waals surface area contributed by atoms with Crippen LogP contribution in [0.15, 0.2) is 42.7 Å². The number of piperidine rings is 1. The van der Waals surface area contributed by atoms with Gasteiger partial charge in [-0.15, -0.1) is 0 Å².